The number of halogens is 3. The average Bonchev–Trinajstić information content (AvgIpc) is 3.20. The van der Waals surface area contributed by atoms with E-state index in [1.807, 2.05) is 24.3 Å². The summed E-state index contributed by atoms with van der Waals surface area (Å²) in [5.41, 5.74) is 1.91. The summed E-state index contributed by atoms with van der Waals surface area (Å²) < 4.78 is 39.8. The largest absolute Gasteiger partial charge is 0.391 e. The normalized spacial score (nSPS) is 22.1. The molecule has 3 N–H and O–H groups in total. The number of anilines is 1. The van der Waals surface area contributed by atoms with Crippen molar-refractivity contribution in [2.45, 2.75) is 31.6 Å². The molecule has 29 heavy (non-hydrogen) atoms. The number of benzene rings is 1. The third kappa shape index (κ3) is 3.78. The molecule has 1 fully saturated rings. The first-order valence-corrected chi connectivity index (χ1v) is 9.54. The first-order valence-electron chi connectivity index (χ1n) is 9.13. The van der Waals surface area contributed by atoms with Gasteiger partial charge in [0.2, 0.25) is 0 Å². The van der Waals surface area contributed by atoms with E-state index in [4.69, 9.17) is 12.2 Å². The number of carbonyl (C=O) groups excluding carboxylic acids is 1. The van der Waals surface area contributed by atoms with E-state index in [2.05, 4.69) is 25.6 Å². The van der Waals surface area contributed by atoms with Crippen LogP contribution in [0, 0.1) is 5.92 Å². The van der Waals surface area contributed by atoms with E-state index in [9.17, 15) is 18.0 Å². The van der Waals surface area contributed by atoms with Crippen molar-refractivity contribution in [1.82, 2.24) is 20.6 Å². The SMILES string of the molecule is O=C1NC(=C=S)N(Cc2ccccc2[C@H]2C[C@@H](C(F)(F)F)CCN2)c2nc[nH]c21. The number of carbonyl (C=O) groups is 1. The Morgan fingerprint density at radius 3 is 2.86 bits per heavy atom. The predicted molar refractivity (Wildman–Crippen MR) is 104 cm³/mol. The van der Waals surface area contributed by atoms with Crippen LogP contribution in [-0.2, 0) is 6.54 Å². The first kappa shape index (κ1) is 19.6. The Morgan fingerprint density at radius 2 is 2.10 bits per heavy atom. The van der Waals surface area contributed by atoms with Crippen molar-refractivity contribution in [2.24, 2.45) is 5.92 Å². The molecular formula is C19H18F3N5OS. The lowest BCUT2D eigenvalue weighted by atomic mass is 9.86. The minimum absolute atomic E-state index is 0.0131. The Labute approximate surface area is 170 Å². The molecule has 0 unspecified atom stereocenters. The molecule has 4 rings (SSSR count). The van der Waals surface area contributed by atoms with E-state index in [0.717, 1.165) is 11.1 Å². The van der Waals surface area contributed by atoms with Gasteiger partial charge < -0.3 is 10.3 Å². The average molecular weight is 421 g/mol. The topological polar surface area (TPSA) is 73.1 Å². The quantitative estimate of drug-likeness (QED) is 0.664. The van der Waals surface area contributed by atoms with Crippen LogP contribution in [0.15, 0.2) is 36.4 Å². The zero-order valence-corrected chi connectivity index (χ0v) is 16.0. The van der Waals surface area contributed by atoms with Gasteiger partial charge in [0.15, 0.2) is 11.6 Å². The molecule has 3 heterocycles. The van der Waals surface area contributed by atoms with E-state index in [-0.39, 0.29) is 31.1 Å². The molecule has 2 atom stereocenters. The van der Waals surface area contributed by atoms with Gasteiger partial charge in [-0.15, -0.1) is 0 Å². The maximum absolute atomic E-state index is 13.3. The second-order valence-corrected chi connectivity index (χ2v) is 7.26. The van der Waals surface area contributed by atoms with Crippen LogP contribution in [-0.4, -0.2) is 33.6 Å². The summed E-state index contributed by atoms with van der Waals surface area (Å²) in [6.07, 6.45) is -2.73. The summed E-state index contributed by atoms with van der Waals surface area (Å²) >= 11 is 4.92. The maximum atomic E-state index is 13.3. The first-order chi connectivity index (χ1) is 13.9. The summed E-state index contributed by atoms with van der Waals surface area (Å²) in [6.45, 7) is 0.583. The van der Waals surface area contributed by atoms with Crippen molar-refractivity contribution >= 4 is 29.0 Å². The number of hydrogen-bond donors (Lipinski definition) is 3. The minimum Gasteiger partial charge on any atom is -0.339 e. The molecule has 10 heteroatoms. The van der Waals surface area contributed by atoms with Gasteiger partial charge in [0.25, 0.3) is 5.91 Å². The summed E-state index contributed by atoms with van der Waals surface area (Å²) in [7, 11) is 0. The van der Waals surface area contributed by atoms with Crippen LogP contribution in [0.25, 0.3) is 0 Å². The third-order valence-electron chi connectivity index (χ3n) is 5.33. The second kappa shape index (κ2) is 7.62. The second-order valence-electron chi connectivity index (χ2n) is 7.06. The number of fused-ring (bicyclic) bond motifs is 1. The molecule has 2 aliphatic heterocycles. The van der Waals surface area contributed by atoms with Gasteiger partial charge in [0.1, 0.15) is 5.69 Å². The van der Waals surface area contributed by atoms with E-state index in [1.54, 1.807) is 4.90 Å². The smallest absolute Gasteiger partial charge is 0.339 e. The summed E-state index contributed by atoms with van der Waals surface area (Å²) in [4.78, 5) is 20.8. The van der Waals surface area contributed by atoms with E-state index in [0.29, 0.717) is 18.1 Å². The van der Waals surface area contributed by atoms with Crippen LogP contribution in [0.5, 0.6) is 0 Å². The number of imidazole rings is 1. The highest BCUT2D eigenvalue weighted by atomic mass is 32.1. The fourth-order valence-corrected chi connectivity index (χ4v) is 4.04. The minimum atomic E-state index is -4.20. The fourth-order valence-electron chi connectivity index (χ4n) is 3.88. The lowest BCUT2D eigenvalue weighted by Gasteiger charge is -2.34. The molecule has 1 saturated heterocycles. The van der Waals surface area contributed by atoms with Gasteiger partial charge in [-0.05, 0) is 47.8 Å². The Morgan fingerprint density at radius 1 is 1.31 bits per heavy atom. The van der Waals surface area contributed by atoms with Crippen molar-refractivity contribution in [3.05, 3.63) is 53.2 Å². The highest BCUT2D eigenvalue weighted by Crippen LogP contribution is 2.39. The van der Waals surface area contributed by atoms with Gasteiger partial charge in [-0.3, -0.25) is 15.0 Å². The molecule has 2 aliphatic rings. The third-order valence-corrected chi connectivity index (χ3v) is 5.52. The van der Waals surface area contributed by atoms with Crippen molar-refractivity contribution in [2.75, 3.05) is 11.4 Å². The van der Waals surface area contributed by atoms with Crippen LogP contribution in [0.3, 0.4) is 0 Å². The monoisotopic (exact) mass is 421 g/mol. The molecule has 0 saturated carbocycles. The molecule has 0 bridgehead atoms. The van der Waals surface area contributed by atoms with Crippen molar-refractivity contribution in [3.8, 4) is 0 Å². The van der Waals surface area contributed by atoms with E-state index in [1.165, 1.54) is 6.33 Å². The molecule has 0 radical (unpaired) electrons. The molecule has 1 aromatic carbocycles. The van der Waals surface area contributed by atoms with Gasteiger partial charge in [0.05, 0.1) is 18.8 Å². The number of piperidine rings is 1. The van der Waals surface area contributed by atoms with Gasteiger partial charge in [-0.2, -0.15) is 13.2 Å². The van der Waals surface area contributed by atoms with Crippen LogP contribution in [0.2, 0.25) is 0 Å². The van der Waals surface area contributed by atoms with Crippen LogP contribution in [0.1, 0.15) is 40.5 Å². The zero-order chi connectivity index (χ0) is 20.6. The number of rotatable bonds is 3. The van der Waals surface area contributed by atoms with E-state index >= 15 is 0 Å². The number of aromatic amines is 1. The number of amides is 1. The molecule has 1 amide bonds. The van der Waals surface area contributed by atoms with Crippen molar-refractivity contribution in [1.29, 1.82) is 0 Å². The molecule has 6 nitrogen and oxygen atoms in total. The molecule has 0 spiro atoms. The number of thiocarbonyl (C=S) groups is 1. The molecule has 2 aromatic rings. The molecule has 0 aliphatic carbocycles. The Balaban J connectivity index is 1.65. The van der Waals surface area contributed by atoms with Crippen LogP contribution < -0.4 is 15.5 Å². The van der Waals surface area contributed by atoms with Crippen LogP contribution >= 0.6 is 12.2 Å². The lowest BCUT2D eigenvalue weighted by Crippen LogP contribution is -2.42. The number of nitrogens with zero attached hydrogens (tertiary/aromatic N) is 2. The number of alkyl halides is 3. The predicted octanol–water partition coefficient (Wildman–Crippen LogP) is 3.20. The highest BCUT2D eigenvalue weighted by molar-refractivity contribution is 7.78. The lowest BCUT2D eigenvalue weighted by molar-refractivity contribution is -0.183. The Kier molecular flexibility index (Phi) is 5.16. The van der Waals surface area contributed by atoms with Crippen molar-refractivity contribution < 1.29 is 18.0 Å². The highest BCUT2D eigenvalue weighted by Gasteiger charge is 2.42. The number of aromatic nitrogens is 2. The van der Waals surface area contributed by atoms with Gasteiger partial charge in [-0.1, -0.05) is 24.3 Å². The summed E-state index contributed by atoms with van der Waals surface area (Å²) in [6, 6.07) is 6.92. The number of hydrogen-bond acceptors (Lipinski definition) is 5. The van der Waals surface area contributed by atoms with Crippen molar-refractivity contribution in [3.63, 3.8) is 0 Å². The van der Waals surface area contributed by atoms with Gasteiger partial charge >= 0.3 is 6.18 Å². The summed E-state index contributed by atoms with van der Waals surface area (Å²) in [5.74, 6) is -1.01. The molecule has 152 valence electrons. The number of nitrogens with one attached hydrogen (secondary N) is 3. The summed E-state index contributed by atoms with van der Waals surface area (Å²) in [5, 5.41) is 8.40. The Hall–Kier alpha value is -2.68. The van der Waals surface area contributed by atoms with Gasteiger partial charge in [0, 0.05) is 6.04 Å². The number of H-pyrrole nitrogens is 1. The van der Waals surface area contributed by atoms with E-state index < -0.39 is 18.1 Å². The maximum Gasteiger partial charge on any atom is 0.391 e. The Bertz CT molecular complexity index is 982. The molecule has 1 aromatic heterocycles. The molecular weight excluding hydrogens is 403 g/mol. The fraction of sp³-hybridized carbons (Fsp3) is 0.368. The van der Waals surface area contributed by atoms with Gasteiger partial charge in [-0.25, -0.2) is 4.98 Å². The zero-order valence-electron chi connectivity index (χ0n) is 15.2. The standard InChI is InChI=1S/C19H18F3N5OS/c20-19(21,22)12-5-6-23-14(7-12)13-4-2-1-3-11(13)8-27-15(9-29)26-18(28)16-17(27)25-10-24-16/h1-4,10,12,14,23H,5-8H2,(H,24,25)(H,26,28)/t12-,14+/m0/s1. The van der Waals surface area contributed by atoms with Crippen LogP contribution in [0.4, 0.5) is 19.0 Å².